The Labute approximate surface area is 156 Å². The lowest BCUT2D eigenvalue weighted by Crippen LogP contribution is -2.13. The van der Waals surface area contributed by atoms with Gasteiger partial charge in [0.2, 0.25) is 0 Å². The molecule has 26 heavy (non-hydrogen) atoms. The monoisotopic (exact) mass is 394 g/mol. The Balaban J connectivity index is 1.76. The number of carbonyl (C=O) groups is 1. The predicted molar refractivity (Wildman–Crippen MR) is 100 cm³/mol. The Morgan fingerprint density at radius 2 is 1.81 bits per heavy atom. The summed E-state index contributed by atoms with van der Waals surface area (Å²) in [7, 11) is 0. The number of anilines is 2. The Kier molecular flexibility index (Phi) is 5.24. The number of benzene rings is 2. The first-order valence-corrected chi connectivity index (χ1v) is 9.12. The summed E-state index contributed by atoms with van der Waals surface area (Å²) >= 11 is 1.34. The van der Waals surface area contributed by atoms with Crippen molar-refractivity contribution in [1.82, 2.24) is 0 Å². The third kappa shape index (κ3) is 4.59. The second kappa shape index (κ2) is 7.43. The summed E-state index contributed by atoms with van der Waals surface area (Å²) in [4.78, 5) is 13.4. The molecule has 1 amide bonds. The first kappa shape index (κ1) is 18.3. The van der Waals surface area contributed by atoms with Crippen LogP contribution in [-0.2, 0) is 0 Å². The molecule has 0 aliphatic rings. The van der Waals surface area contributed by atoms with Crippen LogP contribution >= 0.6 is 23.1 Å². The lowest BCUT2D eigenvalue weighted by atomic mass is 10.1. The first-order chi connectivity index (χ1) is 12.3. The maximum Gasteiger partial charge on any atom is 0.446 e. The number of nitrogen functional groups attached to an aromatic ring is 1. The lowest BCUT2D eigenvalue weighted by Gasteiger charge is -2.11. The minimum Gasteiger partial charge on any atom is -0.397 e. The molecule has 134 valence electrons. The van der Waals surface area contributed by atoms with Gasteiger partial charge in [-0.15, -0.1) is 11.3 Å². The van der Waals surface area contributed by atoms with Crippen molar-refractivity contribution >= 4 is 40.4 Å². The zero-order chi connectivity index (χ0) is 18.7. The number of nitrogens with two attached hydrogens (primary N) is 1. The largest absolute Gasteiger partial charge is 0.446 e. The molecule has 0 spiro atoms. The summed E-state index contributed by atoms with van der Waals surface area (Å²) in [5.41, 5.74) is 3.59. The molecule has 0 unspecified atom stereocenters. The lowest BCUT2D eigenvalue weighted by molar-refractivity contribution is -0.0328. The van der Waals surface area contributed by atoms with Gasteiger partial charge in [-0.3, -0.25) is 4.79 Å². The van der Waals surface area contributed by atoms with Crippen molar-refractivity contribution in [3.8, 4) is 10.4 Å². The number of thiophene rings is 1. The molecule has 0 aliphatic heterocycles. The molecule has 3 nitrogen and oxygen atoms in total. The van der Waals surface area contributed by atoms with E-state index < -0.39 is 11.4 Å². The molecule has 0 aliphatic carbocycles. The predicted octanol–water partition coefficient (Wildman–Crippen LogP) is 5.86. The van der Waals surface area contributed by atoms with Crippen LogP contribution in [0.5, 0.6) is 0 Å². The molecule has 8 heteroatoms. The highest BCUT2D eigenvalue weighted by Gasteiger charge is 2.29. The van der Waals surface area contributed by atoms with Crippen LogP contribution in [0, 0.1) is 0 Å². The van der Waals surface area contributed by atoms with Crippen LogP contribution in [0.15, 0.2) is 64.9 Å². The van der Waals surface area contributed by atoms with Crippen LogP contribution in [0.1, 0.15) is 10.4 Å². The molecule has 3 N–H and O–H groups in total. The van der Waals surface area contributed by atoms with Crippen LogP contribution in [-0.4, -0.2) is 11.4 Å². The molecule has 1 heterocycles. The van der Waals surface area contributed by atoms with Crippen molar-refractivity contribution in [2.75, 3.05) is 11.1 Å². The average Bonchev–Trinajstić information content (AvgIpc) is 3.10. The second-order valence-electron chi connectivity index (χ2n) is 5.31. The third-order valence-electron chi connectivity index (χ3n) is 3.46. The fraction of sp³-hybridized carbons (Fsp3) is 0.0556. The molecular weight excluding hydrogens is 381 g/mol. The van der Waals surface area contributed by atoms with E-state index in [1.54, 1.807) is 23.5 Å². The van der Waals surface area contributed by atoms with E-state index in [1.165, 1.54) is 24.3 Å². The minimum absolute atomic E-state index is 0.0215. The number of thioether (sulfide) groups is 1. The van der Waals surface area contributed by atoms with Gasteiger partial charge in [-0.2, -0.15) is 13.2 Å². The molecule has 0 fully saturated rings. The van der Waals surface area contributed by atoms with Gasteiger partial charge in [0, 0.05) is 15.3 Å². The second-order valence-corrected chi connectivity index (χ2v) is 7.39. The van der Waals surface area contributed by atoms with Gasteiger partial charge >= 0.3 is 5.51 Å². The summed E-state index contributed by atoms with van der Waals surface area (Å²) in [6.07, 6.45) is 0. The molecular formula is C18H13F3N2OS2. The van der Waals surface area contributed by atoms with Gasteiger partial charge in [0.05, 0.1) is 11.4 Å². The van der Waals surface area contributed by atoms with Gasteiger partial charge < -0.3 is 11.1 Å². The number of hydrogen-bond donors (Lipinski definition) is 2. The highest BCUT2D eigenvalue weighted by molar-refractivity contribution is 8.00. The van der Waals surface area contributed by atoms with Crippen molar-refractivity contribution in [3.05, 3.63) is 65.5 Å². The molecule has 0 atom stereocenters. The van der Waals surface area contributed by atoms with E-state index in [0.717, 1.165) is 10.4 Å². The van der Waals surface area contributed by atoms with E-state index in [1.807, 2.05) is 23.6 Å². The Hall–Kier alpha value is -2.45. The number of nitrogens with one attached hydrogen (secondary N) is 1. The van der Waals surface area contributed by atoms with Gasteiger partial charge in [-0.25, -0.2) is 0 Å². The molecule has 0 radical (unpaired) electrons. The Bertz CT molecular complexity index is 907. The Morgan fingerprint density at radius 3 is 2.42 bits per heavy atom. The van der Waals surface area contributed by atoms with E-state index in [-0.39, 0.29) is 22.2 Å². The van der Waals surface area contributed by atoms with E-state index in [0.29, 0.717) is 11.4 Å². The van der Waals surface area contributed by atoms with Gasteiger partial charge in [-0.05, 0) is 65.2 Å². The quantitative estimate of drug-likeness (QED) is 0.430. The summed E-state index contributed by atoms with van der Waals surface area (Å²) in [5, 5.41) is 4.66. The van der Waals surface area contributed by atoms with Gasteiger partial charge in [-0.1, -0.05) is 12.1 Å². The highest BCUT2D eigenvalue weighted by atomic mass is 32.2. The molecule has 3 aromatic rings. The third-order valence-corrected chi connectivity index (χ3v) is 5.12. The van der Waals surface area contributed by atoms with Crippen molar-refractivity contribution in [2.24, 2.45) is 0 Å². The van der Waals surface area contributed by atoms with Crippen molar-refractivity contribution < 1.29 is 18.0 Å². The van der Waals surface area contributed by atoms with Crippen molar-refractivity contribution in [1.29, 1.82) is 0 Å². The smallest absolute Gasteiger partial charge is 0.397 e. The van der Waals surface area contributed by atoms with Crippen LogP contribution in [0.3, 0.4) is 0 Å². The highest BCUT2D eigenvalue weighted by Crippen LogP contribution is 2.37. The van der Waals surface area contributed by atoms with Crippen LogP contribution in [0.2, 0.25) is 0 Å². The summed E-state index contributed by atoms with van der Waals surface area (Å²) in [5.74, 6) is -0.441. The van der Waals surface area contributed by atoms with Crippen molar-refractivity contribution in [3.63, 3.8) is 0 Å². The summed E-state index contributed by atoms with van der Waals surface area (Å²) in [6.45, 7) is 0. The normalized spacial score (nSPS) is 11.3. The topological polar surface area (TPSA) is 55.1 Å². The van der Waals surface area contributed by atoms with E-state index >= 15 is 0 Å². The molecule has 0 saturated carbocycles. The fourth-order valence-electron chi connectivity index (χ4n) is 2.26. The number of rotatable bonds is 4. The zero-order valence-corrected chi connectivity index (χ0v) is 14.8. The van der Waals surface area contributed by atoms with E-state index in [4.69, 9.17) is 5.73 Å². The van der Waals surface area contributed by atoms with E-state index in [9.17, 15) is 18.0 Å². The first-order valence-electron chi connectivity index (χ1n) is 7.42. The Morgan fingerprint density at radius 1 is 1.08 bits per heavy atom. The molecule has 1 aromatic heterocycles. The zero-order valence-electron chi connectivity index (χ0n) is 13.2. The van der Waals surface area contributed by atoms with Crippen LogP contribution in [0.25, 0.3) is 10.4 Å². The molecule has 0 bridgehead atoms. The molecule has 3 rings (SSSR count). The SMILES string of the molecule is Nc1ccc(-c2cccs2)cc1NC(=O)c1ccc(SC(F)(F)F)cc1. The fourth-order valence-corrected chi connectivity index (χ4v) is 3.53. The summed E-state index contributed by atoms with van der Waals surface area (Å²) < 4.78 is 37.1. The summed E-state index contributed by atoms with van der Waals surface area (Å²) in [6, 6.07) is 14.4. The van der Waals surface area contributed by atoms with Crippen LogP contribution < -0.4 is 11.1 Å². The number of alkyl halides is 3. The number of carbonyl (C=O) groups excluding carboxylic acids is 1. The number of halogens is 3. The number of amides is 1. The maximum absolute atomic E-state index is 12.4. The molecule has 2 aromatic carbocycles. The average molecular weight is 394 g/mol. The maximum atomic E-state index is 12.4. The van der Waals surface area contributed by atoms with Gasteiger partial charge in [0.1, 0.15) is 0 Å². The van der Waals surface area contributed by atoms with Crippen molar-refractivity contribution in [2.45, 2.75) is 10.4 Å². The molecule has 0 saturated heterocycles. The number of hydrogen-bond acceptors (Lipinski definition) is 4. The van der Waals surface area contributed by atoms with E-state index in [2.05, 4.69) is 5.32 Å². The van der Waals surface area contributed by atoms with Crippen LogP contribution in [0.4, 0.5) is 24.5 Å². The van der Waals surface area contributed by atoms with Gasteiger partial charge in [0.25, 0.3) is 5.91 Å². The minimum atomic E-state index is -4.36. The van der Waals surface area contributed by atoms with Gasteiger partial charge in [0.15, 0.2) is 0 Å². The standard InChI is InChI=1S/C18H13F3N2OS2/c19-18(20,21)26-13-6-3-11(4-7-13)17(24)23-15-10-12(5-8-14(15)22)16-2-1-9-25-16/h1-10H,22H2,(H,23,24).